The number of halogens is 2. The molecule has 6 nitrogen and oxygen atoms in total. The topological polar surface area (TPSA) is 95.5 Å². The van der Waals surface area contributed by atoms with Gasteiger partial charge in [0.25, 0.3) is 5.92 Å². The molecular weight excluding hydrogens is 294 g/mol. The number of amides is 1. The van der Waals surface area contributed by atoms with Crippen LogP contribution in [0.3, 0.4) is 0 Å². The third-order valence-electron chi connectivity index (χ3n) is 2.76. The number of rotatable bonds is 5. The minimum atomic E-state index is -4.12. The molecule has 110 valence electrons. The Bertz CT molecular complexity index is 646. The van der Waals surface area contributed by atoms with E-state index in [4.69, 9.17) is 5.11 Å². The first-order chi connectivity index (χ1) is 9.23. The van der Waals surface area contributed by atoms with Gasteiger partial charge in [-0.1, -0.05) is 0 Å². The van der Waals surface area contributed by atoms with Crippen molar-refractivity contribution in [1.82, 2.24) is 4.72 Å². The predicted octanol–water partition coefficient (Wildman–Crippen LogP) is 0.0871. The van der Waals surface area contributed by atoms with Crippen molar-refractivity contribution in [2.75, 3.05) is 18.5 Å². The molecule has 20 heavy (non-hydrogen) atoms. The molecule has 1 aromatic carbocycles. The number of hydrogen-bond donors (Lipinski definition) is 3. The van der Waals surface area contributed by atoms with E-state index in [0.717, 1.165) is 0 Å². The Morgan fingerprint density at radius 2 is 2.10 bits per heavy atom. The van der Waals surface area contributed by atoms with Gasteiger partial charge < -0.3 is 10.4 Å². The molecule has 0 bridgehead atoms. The summed E-state index contributed by atoms with van der Waals surface area (Å²) in [6.45, 7) is -2.64. The van der Waals surface area contributed by atoms with Crippen LogP contribution in [-0.2, 0) is 21.2 Å². The van der Waals surface area contributed by atoms with Crippen molar-refractivity contribution in [3.8, 4) is 0 Å². The van der Waals surface area contributed by atoms with Gasteiger partial charge in [-0.15, -0.1) is 0 Å². The van der Waals surface area contributed by atoms with E-state index < -0.39 is 29.1 Å². The molecule has 1 heterocycles. The molecule has 0 saturated heterocycles. The Balaban J connectivity index is 2.19. The average Bonchev–Trinajstić information content (AvgIpc) is 2.76. The Labute approximate surface area is 113 Å². The number of hydrogen-bond acceptors (Lipinski definition) is 4. The van der Waals surface area contributed by atoms with Crippen LogP contribution in [0.15, 0.2) is 23.1 Å². The lowest BCUT2D eigenvalue weighted by atomic mass is 10.2. The van der Waals surface area contributed by atoms with Crippen LogP contribution >= 0.6 is 0 Å². The number of anilines is 1. The van der Waals surface area contributed by atoms with Crippen molar-refractivity contribution in [3.63, 3.8) is 0 Å². The third-order valence-corrected chi connectivity index (χ3v) is 4.16. The first kappa shape index (κ1) is 14.8. The lowest BCUT2D eigenvalue weighted by Gasteiger charge is -2.14. The summed E-state index contributed by atoms with van der Waals surface area (Å²) >= 11 is 0. The molecular formula is C11H12F2N2O4S. The SMILES string of the molecule is O=C1Cc2cc(S(=O)(=O)NCC(F)(F)CO)ccc2N1. The van der Waals surface area contributed by atoms with Crippen molar-refractivity contribution in [2.24, 2.45) is 0 Å². The second-order valence-electron chi connectivity index (χ2n) is 4.38. The van der Waals surface area contributed by atoms with Gasteiger partial charge in [-0.3, -0.25) is 4.79 Å². The number of benzene rings is 1. The molecule has 0 radical (unpaired) electrons. The quantitative estimate of drug-likeness (QED) is 0.718. The Kier molecular flexibility index (Phi) is 3.76. The van der Waals surface area contributed by atoms with Crippen LogP contribution in [0.1, 0.15) is 5.56 Å². The Morgan fingerprint density at radius 1 is 1.40 bits per heavy atom. The van der Waals surface area contributed by atoms with Crippen LogP contribution in [0.25, 0.3) is 0 Å². The van der Waals surface area contributed by atoms with Gasteiger partial charge in [-0.25, -0.2) is 21.9 Å². The van der Waals surface area contributed by atoms with Crippen LogP contribution in [-0.4, -0.2) is 38.5 Å². The van der Waals surface area contributed by atoms with E-state index >= 15 is 0 Å². The molecule has 3 N–H and O–H groups in total. The summed E-state index contributed by atoms with van der Waals surface area (Å²) in [4.78, 5) is 10.9. The molecule has 1 aliphatic heterocycles. The van der Waals surface area contributed by atoms with E-state index in [0.29, 0.717) is 11.3 Å². The number of aliphatic hydroxyl groups excluding tert-OH is 1. The largest absolute Gasteiger partial charge is 0.390 e. The minimum Gasteiger partial charge on any atom is -0.390 e. The molecule has 2 rings (SSSR count). The van der Waals surface area contributed by atoms with E-state index in [1.165, 1.54) is 18.2 Å². The third kappa shape index (κ3) is 3.11. The lowest BCUT2D eigenvalue weighted by Crippen LogP contribution is -2.38. The minimum absolute atomic E-state index is 0.0471. The monoisotopic (exact) mass is 306 g/mol. The fourth-order valence-corrected chi connectivity index (χ4v) is 2.83. The Hall–Kier alpha value is -1.58. The van der Waals surface area contributed by atoms with Crippen LogP contribution in [0.5, 0.6) is 0 Å². The van der Waals surface area contributed by atoms with Gasteiger partial charge in [0.05, 0.1) is 17.9 Å². The summed E-state index contributed by atoms with van der Waals surface area (Å²) in [7, 11) is -4.12. The predicted molar refractivity (Wildman–Crippen MR) is 66.0 cm³/mol. The maximum Gasteiger partial charge on any atom is 0.283 e. The van der Waals surface area contributed by atoms with E-state index in [-0.39, 0.29) is 17.2 Å². The summed E-state index contributed by atoms with van der Waals surface area (Å²) in [5.74, 6) is -3.78. The summed E-state index contributed by atoms with van der Waals surface area (Å²) in [6, 6.07) is 3.87. The van der Waals surface area contributed by atoms with Gasteiger partial charge in [-0.05, 0) is 23.8 Å². The second-order valence-corrected chi connectivity index (χ2v) is 6.15. The van der Waals surface area contributed by atoms with Crippen LogP contribution in [0, 0.1) is 0 Å². The number of aliphatic hydroxyl groups is 1. The number of carbonyl (C=O) groups is 1. The fraction of sp³-hybridized carbons (Fsp3) is 0.364. The van der Waals surface area contributed by atoms with Gasteiger partial charge in [0, 0.05) is 5.69 Å². The highest BCUT2D eigenvalue weighted by Gasteiger charge is 2.30. The first-order valence-electron chi connectivity index (χ1n) is 5.65. The molecule has 0 aliphatic carbocycles. The van der Waals surface area contributed by atoms with Crippen molar-refractivity contribution < 1.29 is 27.1 Å². The maximum atomic E-state index is 12.8. The number of carbonyl (C=O) groups excluding carboxylic acids is 1. The summed E-state index contributed by atoms with van der Waals surface area (Å²) in [5.41, 5.74) is 1.00. The number of fused-ring (bicyclic) bond motifs is 1. The molecule has 1 aliphatic rings. The number of alkyl halides is 2. The maximum absolute atomic E-state index is 12.8. The highest BCUT2D eigenvalue weighted by atomic mass is 32.2. The number of nitrogens with one attached hydrogen (secondary N) is 2. The van der Waals surface area contributed by atoms with Crippen molar-refractivity contribution in [3.05, 3.63) is 23.8 Å². The molecule has 0 fully saturated rings. The highest BCUT2D eigenvalue weighted by molar-refractivity contribution is 7.89. The van der Waals surface area contributed by atoms with Crippen LogP contribution in [0.4, 0.5) is 14.5 Å². The summed E-state index contributed by atoms with van der Waals surface area (Å²) in [5, 5.41) is 10.9. The average molecular weight is 306 g/mol. The van der Waals surface area contributed by atoms with Crippen LogP contribution < -0.4 is 10.0 Å². The van der Waals surface area contributed by atoms with E-state index in [9.17, 15) is 22.0 Å². The molecule has 9 heteroatoms. The van der Waals surface area contributed by atoms with E-state index in [1.807, 2.05) is 0 Å². The number of sulfonamides is 1. The standard InChI is InChI=1S/C11H12F2N2O4S/c12-11(13,6-16)5-14-20(18,19)8-1-2-9-7(3-8)4-10(17)15-9/h1-3,14,16H,4-6H2,(H,15,17). The van der Waals surface area contributed by atoms with Gasteiger partial charge in [-0.2, -0.15) is 0 Å². The normalized spacial score (nSPS) is 15.1. The zero-order valence-electron chi connectivity index (χ0n) is 10.2. The van der Waals surface area contributed by atoms with Gasteiger partial charge in [0.1, 0.15) is 6.61 Å². The van der Waals surface area contributed by atoms with Crippen molar-refractivity contribution in [2.45, 2.75) is 17.2 Å². The smallest absolute Gasteiger partial charge is 0.283 e. The fourth-order valence-electron chi connectivity index (χ4n) is 1.71. The molecule has 0 saturated carbocycles. The van der Waals surface area contributed by atoms with Gasteiger partial charge in [0.2, 0.25) is 15.9 Å². The summed E-state index contributed by atoms with van der Waals surface area (Å²) in [6.07, 6.45) is 0.0471. The van der Waals surface area contributed by atoms with Crippen molar-refractivity contribution in [1.29, 1.82) is 0 Å². The molecule has 0 unspecified atom stereocenters. The molecule has 1 amide bonds. The van der Waals surface area contributed by atoms with E-state index in [2.05, 4.69) is 5.32 Å². The zero-order valence-corrected chi connectivity index (χ0v) is 11.0. The van der Waals surface area contributed by atoms with Gasteiger partial charge in [0.15, 0.2) is 0 Å². The molecule has 0 spiro atoms. The highest BCUT2D eigenvalue weighted by Crippen LogP contribution is 2.25. The van der Waals surface area contributed by atoms with Gasteiger partial charge >= 0.3 is 0 Å². The lowest BCUT2D eigenvalue weighted by molar-refractivity contribution is -0.115. The zero-order chi connectivity index (χ0) is 15.0. The first-order valence-corrected chi connectivity index (χ1v) is 7.13. The van der Waals surface area contributed by atoms with Crippen molar-refractivity contribution >= 4 is 21.6 Å². The van der Waals surface area contributed by atoms with E-state index in [1.54, 1.807) is 4.72 Å². The summed E-state index contributed by atoms with van der Waals surface area (Å²) < 4.78 is 51.1. The Morgan fingerprint density at radius 3 is 2.75 bits per heavy atom. The second kappa shape index (κ2) is 5.08. The molecule has 1 aromatic rings. The molecule has 0 aromatic heterocycles. The van der Waals surface area contributed by atoms with Crippen LogP contribution in [0.2, 0.25) is 0 Å². The molecule has 0 atom stereocenters.